The number of rotatable bonds is 1. The number of nitrogens with two attached hydrogens (primary N) is 1. The van der Waals surface area contributed by atoms with Gasteiger partial charge in [0.15, 0.2) is 11.5 Å². The number of ether oxygens (including phenoxy) is 1. The van der Waals surface area contributed by atoms with Gasteiger partial charge in [0.1, 0.15) is 6.04 Å². The second kappa shape index (κ2) is 4.14. The first-order valence-corrected chi connectivity index (χ1v) is 5.45. The lowest BCUT2D eigenvalue weighted by Crippen LogP contribution is -2.86. The topological polar surface area (TPSA) is 63.1 Å². The van der Waals surface area contributed by atoms with Crippen LogP contribution in [0.4, 0.5) is 0 Å². The minimum atomic E-state index is -0.411. The summed E-state index contributed by atoms with van der Waals surface area (Å²) in [4.78, 5) is 10.9. The largest absolute Gasteiger partial charge is 0.504 e. The summed E-state index contributed by atoms with van der Waals surface area (Å²) in [5.74, 6) is -0.109. The van der Waals surface area contributed by atoms with E-state index in [1.165, 1.54) is 6.92 Å². The molecule has 1 atom stereocenters. The van der Waals surface area contributed by atoms with Crippen LogP contribution in [-0.4, -0.2) is 17.6 Å². The van der Waals surface area contributed by atoms with Crippen molar-refractivity contribution in [3.63, 3.8) is 0 Å². The third kappa shape index (κ3) is 2.02. The van der Waals surface area contributed by atoms with E-state index in [0.29, 0.717) is 6.04 Å². The molecule has 0 aliphatic carbocycles. The molecule has 0 fully saturated rings. The molecule has 0 bridgehead atoms. The van der Waals surface area contributed by atoms with Crippen molar-refractivity contribution >= 4 is 5.97 Å². The van der Waals surface area contributed by atoms with Gasteiger partial charge in [0.25, 0.3) is 0 Å². The third-order valence-electron chi connectivity index (χ3n) is 2.90. The van der Waals surface area contributed by atoms with Crippen molar-refractivity contribution in [2.45, 2.75) is 26.3 Å². The van der Waals surface area contributed by atoms with Crippen LogP contribution in [0.15, 0.2) is 12.1 Å². The van der Waals surface area contributed by atoms with E-state index in [9.17, 15) is 9.90 Å². The Kier molecular flexibility index (Phi) is 2.83. The van der Waals surface area contributed by atoms with Crippen molar-refractivity contribution in [1.29, 1.82) is 0 Å². The molecule has 2 rings (SSSR count). The van der Waals surface area contributed by atoms with Crippen LogP contribution in [0.25, 0.3) is 0 Å². The van der Waals surface area contributed by atoms with Gasteiger partial charge in [-0.25, -0.2) is 0 Å². The lowest BCUT2D eigenvalue weighted by Gasteiger charge is -2.21. The lowest BCUT2D eigenvalue weighted by atomic mass is 9.95. The van der Waals surface area contributed by atoms with E-state index in [-0.39, 0.29) is 11.5 Å². The zero-order valence-corrected chi connectivity index (χ0v) is 9.49. The molecule has 1 heterocycles. The fraction of sp³-hybridized carbons (Fsp3) is 0.417. The van der Waals surface area contributed by atoms with Crippen molar-refractivity contribution in [2.24, 2.45) is 0 Å². The molecule has 1 aliphatic rings. The summed E-state index contributed by atoms with van der Waals surface area (Å²) >= 11 is 0. The van der Waals surface area contributed by atoms with E-state index in [4.69, 9.17) is 4.74 Å². The number of carbonyl (C=O) groups is 1. The first-order chi connectivity index (χ1) is 7.58. The SMILES string of the molecule is CC(=O)Oc1cc2c(cc1O)[C@H](C)[NH2+]CC2. The molecule has 0 aromatic heterocycles. The van der Waals surface area contributed by atoms with Gasteiger partial charge in [-0.15, -0.1) is 0 Å². The molecular formula is C12H16NO3+. The molecule has 0 radical (unpaired) electrons. The van der Waals surface area contributed by atoms with Crippen LogP contribution in [0.2, 0.25) is 0 Å². The quantitative estimate of drug-likeness (QED) is 0.537. The van der Waals surface area contributed by atoms with Gasteiger partial charge in [-0.05, 0) is 24.6 Å². The summed E-state index contributed by atoms with van der Waals surface area (Å²) in [5.41, 5.74) is 2.28. The second-order valence-electron chi connectivity index (χ2n) is 4.18. The number of hydrogen-bond acceptors (Lipinski definition) is 3. The van der Waals surface area contributed by atoms with E-state index in [1.54, 1.807) is 12.1 Å². The predicted octanol–water partition coefficient (Wildman–Crippen LogP) is 0.498. The van der Waals surface area contributed by atoms with Gasteiger partial charge in [0, 0.05) is 18.9 Å². The smallest absolute Gasteiger partial charge is 0.308 e. The standard InChI is InChI=1S/C12H15NO3/c1-7-10-6-11(15)12(16-8(2)14)5-9(10)3-4-13-7/h5-7,13,15H,3-4H2,1-2H3/p+1/t7-/m0/s1. The third-order valence-corrected chi connectivity index (χ3v) is 2.90. The maximum atomic E-state index is 10.9. The molecule has 0 unspecified atom stereocenters. The highest BCUT2D eigenvalue weighted by Crippen LogP contribution is 2.32. The monoisotopic (exact) mass is 222 g/mol. The summed E-state index contributed by atoms with van der Waals surface area (Å²) in [6, 6.07) is 3.82. The van der Waals surface area contributed by atoms with Crippen LogP contribution >= 0.6 is 0 Å². The summed E-state index contributed by atoms with van der Waals surface area (Å²) in [5, 5.41) is 12.0. The Bertz CT molecular complexity index is 429. The molecule has 16 heavy (non-hydrogen) atoms. The van der Waals surface area contributed by atoms with E-state index >= 15 is 0 Å². The molecule has 3 N–H and O–H groups in total. The van der Waals surface area contributed by atoms with Gasteiger partial charge in [0.2, 0.25) is 0 Å². The Morgan fingerprint density at radius 3 is 3.00 bits per heavy atom. The molecule has 0 spiro atoms. The minimum Gasteiger partial charge on any atom is -0.504 e. The van der Waals surface area contributed by atoms with E-state index in [0.717, 1.165) is 24.1 Å². The van der Waals surface area contributed by atoms with Crippen LogP contribution < -0.4 is 10.1 Å². The van der Waals surface area contributed by atoms with Crippen molar-refractivity contribution in [1.82, 2.24) is 0 Å². The molecule has 86 valence electrons. The number of benzene rings is 1. The van der Waals surface area contributed by atoms with Gasteiger partial charge in [-0.2, -0.15) is 0 Å². The Morgan fingerprint density at radius 1 is 1.56 bits per heavy atom. The Balaban J connectivity index is 2.40. The van der Waals surface area contributed by atoms with Gasteiger partial charge < -0.3 is 15.2 Å². The zero-order chi connectivity index (χ0) is 11.7. The molecule has 1 aromatic carbocycles. The van der Waals surface area contributed by atoms with Crippen molar-refractivity contribution in [3.8, 4) is 11.5 Å². The second-order valence-corrected chi connectivity index (χ2v) is 4.18. The fourth-order valence-corrected chi connectivity index (χ4v) is 2.12. The first kappa shape index (κ1) is 11.0. The van der Waals surface area contributed by atoms with Gasteiger partial charge >= 0.3 is 5.97 Å². The molecular weight excluding hydrogens is 206 g/mol. The summed E-state index contributed by atoms with van der Waals surface area (Å²) in [6.07, 6.45) is 0.939. The number of aromatic hydroxyl groups is 1. The first-order valence-electron chi connectivity index (χ1n) is 5.45. The molecule has 0 amide bonds. The summed E-state index contributed by atoms with van der Waals surface area (Å²) in [7, 11) is 0. The minimum absolute atomic E-state index is 0.0381. The van der Waals surface area contributed by atoms with E-state index in [2.05, 4.69) is 12.2 Å². The molecule has 1 aliphatic heterocycles. The average molecular weight is 222 g/mol. The molecule has 0 saturated carbocycles. The Hall–Kier alpha value is -1.55. The van der Waals surface area contributed by atoms with Crippen molar-refractivity contribution < 1.29 is 20.0 Å². The van der Waals surface area contributed by atoms with Crippen LogP contribution in [0.1, 0.15) is 31.0 Å². The highest BCUT2D eigenvalue weighted by Gasteiger charge is 2.21. The highest BCUT2D eigenvalue weighted by molar-refractivity contribution is 5.70. The lowest BCUT2D eigenvalue weighted by molar-refractivity contribution is -0.695. The maximum absolute atomic E-state index is 10.9. The van der Waals surface area contributed by atoms with Crippen LogP contribution in [0.3, 0.4) is 0 Å². The van der Waals surface area contributed by atoms with Crippen LogP contribution in [0, 0.1) is 0 Å². The summed E-state index contributed by atoms with van der Waals surface area (Å²) in [6.45, 7) is 4.46. The molecule has 0 saturated heterocycles. The maximum Gasteiger partial charge on any atom is 0.308 e. The molecule has 4 nitrogen and oxygen atoms in total. The van der Waals surface area contributed by atoms with Crippen molar-refractivity contribution in [3.05, 3.63) is 23.3 Å². The van der Waals surface area contributed by atoms with Crippen LogP contribution in [-0.2, 0) is 11.2 Å². The van der Waals surface area contributed by atoms with Gasteiger partial charge in [0.05, 0.1) is 6.54 Å². The summed E-state index contributed by atoms with van der Waals surface area (Å²) < 4.78 is 4.95. The average Bonchev–Trinajstić information content (AvgIpc) is 2.20. The zero-order valence-electron chi connectivity index (χ0n) is 9.49. The Labute approximate surface area is 94.2 Å². The number of carbonyl (C=O) groups excluding carboxylic acids is 1. The number of fused-ring (bicyclic) bond motifs is 1. The molecule has 4 heteroatoms. The number of phenols is 1. The number of phenolic OH excluding ortho intramolecular Hbond substituents is 1. The number of quaternary nitrogens is 1. The highest BCUT2D eigenvalue weighted by atomic mass is 16.5. The van der Waals surface area contributed by atoms with Gasteiger partial charge in [-0.3, -0.25) is 4.79 Å². The fourth-order valence-electron chi connectivity index (χ4n) is 2.12. The number of esters is 1. The van der Waals surface area contributed by atoms with E-state index < -0.39 is 5.97 Å². The van der Waals surface area contributed by atoms with E-state index in [1.807, 2.05) is 0 Å². The number of hydrogen-bond donors (Lipinski definition) is 2. The van der Waals surface area contributed by atoms with Crippen LogP contribution in [0.5, 0.6) is 11.5 Å². The van der Waals surface area contributed by atoms with Crippen molar-refractivity contribution in [2.75, 3.05) is 6.54 Å². The van der Waals surface area contributed by atoms with Gasteiger partial charge in [-0.1, -0.05) is 0 Å². The predicted molar refractivity (Wildman–Crippen MR) is 58.3 cm³/mol. The molecule has 1 aromatic rings. The normalized spacial score (nSPS) is 19.0. The Morgan fingerprint density at radius 2 is 2.31 bits per heavy atom.